The Morgan fingerprint density at radius 3 is 2.40 bits per heavy atom. The van der Waals surface area contributed by atoms with Gasteiger partial charge in [0.15, 0.2) is 0 Å². The van der Waals surface area contributed by atoms with Crippen LogP contribution in [0, 0.1) is 12.8 Å². The largest absolute Gasteiger partial charge is 0.415 e. The molecule has 0 saturated carbocycles. The number of rotatable bonds is 9. The third kappa shape index (κ3) is 7.93. The summed E-state index contributed by atoms with van der Waals surface area (Å²) in [5.41, 5.74) is 4.71. The monoisotopic (exact) mass is 471 g/mol. The van der Waals surface area contributed by atoms with Gasteiger partial charge in [0.05, 0.1) is 0 Å². The number of likely N-dealkylation sites (tertiary alicyclic amines) is 1. The number of hydrogen-bond donors (Lipinski definition) is 0. The van der Waals surface area contributed by atoms with Crippen LogP contribution in [-0.2, 0) is 19.4 Å². The van der Waals surface area contributed by atoms with Crippen LogP contribution in [0.4, 0.5) is 4.79 Å². The van der Waals surface area contributed by atoms with E-state index in [1.807, 2.05) is 48.2 Å². The van der Waals surface area contributed by atoms with E-state index in [0.717, 1.165) is 63.3 Å². The van der Waals surface area contributed by atoms with Gasteiger partial charge in [-0.15, -0.1) is 0 Å². The van der Waals surface area contributed by atoms with Gasteiger partial charge < -0.3 is 14.5 Å². The van der Waals surface area contributed by atoms with Crippen LogP contribution in [0.2, 0.25) is 0 Å². The van der Waals surface area contributed by atoms with Gasteiger partial charge in [0.2, 0.25) is 0 Å². The lowest BCUT2D eigenvalue weighted by Gasteiger charge is -2.32. The van der Waals surface area contributed by atoms with Crippen molar-refractivity contribution in [2.45, 2.75) is 45.6 Å². The minimum absolute atomic E-state index is 0.235. The van der Waals surface area contributed by atoms with Crippen LogP contribution in [-0.4, -0.2) is 47.6 Å². The Morgan fingerprint density at radius 2 is 1.69 bits per heavy atom. The summed E-state index contributed by atoms with van der Waals surface area (Å²) < 4.78 is 5.65. The Morgan fingerprint density at radius 1 is 0.943 bits per heavy atom. The van der Waals surface area contributed by atoms with Crippen LogP contribution in [0.25, 0.3) is 0 Å². The maximum absolute atomic E-state index is 12.7. The van der Waals surface area contributed by atoms with Crippen LogP contribution >= 0.6 is 0 Å². The van der Waals surface area contributed by atoms with E-state index in [0.29, 0.717) is 11.7 Å². The molecule has 2 aromatic carbocycles. The molecule has 1 fully saturated rings. The summed E-state index contributed by atoms with van der Waals surface area (Å²) in [4.78, 5) is 21.5. The number of aryl methyl sites for hydroxylation is 3. The molecule has 1 amide bonds. The van der Waals surface area contributed by atoms with Crippen molar-refractivity contribution in [2.24, 2.45) is 5.92 Å². The number of amides is 1. The van der Waals surface area contributed by atoms with Gasteiger partial charge in [0, 0.05) is 31.0 Å². The van der Waals surface area contributed by atoms with Crippen molar-refractivity contribution in [3.8, 4) is 5.75 Å². The van der Waals surface area contributed by atoms with Crippen LogP contribution < -0.4 is 4.74 Å². The average molecular weight is 472 g/mol. The van der Waals surface area contributed by atoms with E-state index in [4.69, 9.17) is 4.74 Å². The van der Waals surface area contributed by atoms with Crippen molar-refractivity contribution in [3.63, 3.8) is 0 Å². The van der Waals surface area contributed by atoms with Crippen molar-refractivity contribution >= 4 is 6.09 Å². The molecule has 0 bridgehead atoms. The summed E-state index contributed by atoms with van der Waals surface area (Å²) >= 11 is 0. The van der Waals surface area contributed by atoms with E-state index in [2.05, 4.69) is 53.3 Å². The lowest BCUT2D eigenvalue weighted by Crippen LogP contribution is -2.40. The molecule has 0 radical (unpaired) electrons. The van der Waals surface area contributed by atoms with Crippen molar-refractivity contribution in [1.82, 2.24) is 14.8 Å². The molecule has 0 atom stereocenters. The molecule has 1 aliphatic rings. The number of aromatic nitrogens is 1. The van der Waals surface area contributed by atoms with Crippen molar-refractivity contribution < 1.29 is 9.53 Å². The van der Waals surface area contributed by atoms with Gasteiger partial charge >= 0.3 is 6.09 Å². The first kappa shape index (κ1) is 24.9. The van der Waals surface area contributed by atoms with E-state index < -0.39 is 0 Å². The van der Waals surface area contributed by atoms with Crippen molar-refractivity contribution in [3.05, 3.63) is 95.3 Å². The summed E-state index contributed by atoms with van der Waals surface area (Å²) in [6.45, 7) is 5.62. The fourth-order valence-electron chi connectivity index (χ4n) is 4.68. The number of carbonyl (C=O) groups excluding carboxylic acids is 1. The second-order valence-electron chi connectivity index (χ2n) is 9.72. The molecule has 184 valence electrons. The van der Waals surface area contributed by atoms with Gasteiger partial charge in [-0.1, -0.05) is 48.5 Å². The van der Waals surface area contributed by atoms with Crippen LogP contribution in [0.5, 0.6) is 5.75 Å². The Balaban J connectivity index is 1.15. The number of piperidine rings is 1. The zero-order chi connectivity index (χ0) is 24.5. The highest BCUT2D eigenvalue weighted by molar-refractivity contribution is 5.70. The lowest BCUT2D eigenvalue weighted by atomic mass is 9.93. The van der Waals surface area contributed by atoms with E-state index in [-0.39, 0.29) is 6.09 Å². The van der Waals surface area contributed by atoms with Gasteiger partial charge in [-0.25, -0.2) is 4.79 Å². The zero-order valence-corrected chi connectivity index (χ0v) is 21.0. The van der Waals surface area contributed by atoms with Gasteiger partial charge in [-0.2, -0.15) is 0 Å². The number of hydrogen-bond acceptors (Lipinski definition) is 4. The summed E-state index contributed by atoms with van der Waals surface area (Å²) in [6, 6.07) is 24.6. The van der Waals surface area contributed by atoms with Crippen LogP contribution in [0.1, 0.15) is 41.8 Å². The maximum atomic E-state index is 12.7. The third-order valence-corrected chi connectivity index (χ3v) is 6.83. The predicted molar refractivity (Wildman–Crippen MR) is 141 cm³/mol. The molecule has 1 aromatic heterocycles. The number of benzene rings is 2. The minimum Gasteiger partial charge on any atom is -0.410 e. The number of nitrogens with zero attached hydrogens (tertiary/aromatic N) is 3. The minimum atomic E-state index is -0.235. The molecule has 4 rings (SSSR count). The highest BCUT2D eigenvalue weighted by atomic mass is 16.6. The van der Waals surface area contributed by atoms with Gasteiger partial charge in [-0.3, -0.25) is 4.98 Å². The maximum Gasteiger partial charge on any atom is 0.415 e. The number of ether oxygens (including phenoxy) is 1. The van der Waals surface area contributed by atoms with E-state index in [1.165, 1.54) is 17.5 Å². The predicted octanol–water partition coefficient (Wildman–Crippen LogP) is 5.91. The molecule has 0 unspecified atom stereocenters. The van der Waals surface area contributed by atoms with Gasteiger partial charge in [0.1, 0.15) is 5.75 Å². The zero-order valence-electron chi connectivity index (χ0n) is 21.0. The Kier molecular flexibility index (Phi) is 8.90. The van der Waals surface area contributed by atoms with Gasteiger partial charge in [0.25, 0.3) is 0 Å². The summed E-state index contributed by atoms with van der Waals surface area (Å²) in [5.74, 6) is 1.27. The average Bonchev–Trinajstić information content (AvgIpc) is 2.88. The highest BCUT2D eigenvalue weighted by Crippen LogP contribution is 2.23. The van der Waals surface area contributed by atoms with Gasteiger partial charge in [-0.05, 0) is 93.9 Å². The van der Waals surface area contributed by atoms with Crippen molar-refractivity contribution in [2.75, 3.05) is 26.7 Å². The topological polar surface area (TPSA) is 45.7 Å². The smallest absolute Gasteiger partial charge is 0.410 e. The lowest BCUT2D eigenvalue weighted by molar-refractivity contribution is 0.126. The van der Waals surface area contributed by atoms with E-state index in [9.17, 15) is 4.79 Å². The molecule has 0 N–H and O–H groups in total. The second kappa shape index (κ2) is 12.5. The summed E-state index contributed by atoms with van der Waals surface area (Å²) in [7, 11) is 2.18. The summed E-state index contributed by atoms with van der Waals surface area (Å²) in [5, 5.41) is 0. The molecular weight excluding hydrogens is 434 g/mol. The molecule has 3 aromatic rings. The molecule has 0 aliphatic carbocycles. The standard InChI is InChI=1S/C30H37N3O2/c1-24-7-6-10-28(31-24)14-11-25-12-15-29(16-13-25)35-30(34)33-21-18-26(19-22-33)17-20-32(2)23-27-8-4-3-5-9-27/h3-10,12-13,15-16,26H,11,14,17-23H2,1-2H3. The second-order valence-corrected chi connectivity index (χ2v) is 9.72. The molecule has 5 nitrogen and oxygen atoms in total. The number of carbonyl (C=O) groups is 1. The molecule has 5 heteroatoms. The normalized spacial score (nSPS) is 14.3. The molecule has 1 aliphatic heterocycles. The quantitative estimate of drug-likeness (QED) is 0.389. The first-order valence-corrected chi connectivity index (χ1v) is 12.8. The fourth-order valence-corrected chi connectivity index (χ4v) is 4.68. The van der Waals surface area contributed by atoms with Crippen LogP contribution in [0.3, 0.4) is 0 Å². The Labute approximate surface area is 209 Å². The van der Waals surface area contributed by atoms with E-state index in [1.54, 1.807) is 0 Å². The third-order valence-electron chi connectivity index (χ3n) is 6.83. The van der Waals surface area contributed by atoms with E-state index >= 15 is 0 Å². The molecular formula is C30H37N3O2. The molecule has 0 spiro atoms. The summed E-state index contributed by atoms with van der Waals surface area (Å²) in [6.07, 6.45) is 4.84. The molecule has 1 saturated heterocycles. The van der Waals surface area contributed by atoms with Crippen molar-refractivity contribution in [1.29, 1.82) is 0 Å². The molecule has 35 heavy (non-hydrogen) atoms. The molecule has 2 heterocycles. The Hall–Kier alpha value is -3.18. The van der Waals surface area contributed by atoms with Crippen LogP contribution in [0.15, 0.2) is 72.8 Å². The number of pyridine rings is 1. The highest BCUT2D eigenvalue weighted by Gasteiger charge is 2.24. The fraction of sp³-hybridized carbons (Fsp3) is 0.400. The first-order chi connectivity index (χ1) is 17.0. The first-order valence-electron chi connectivity index (χ1n) is 12.8. The SMILES string of the molecule is Cc1cccc(CCc2ccc(OC(=O)N3CCC(CCN(C)Cc4ccccc4)CC3)cc2)n1. The Bertz CT molecular complexity index is 1060.